The smallest absolute Gasteiger partial charge is 0.327 e. The highest BCUT2D eigenvalue weighted by Gasteiger charge is 2.34. The van der Waals surface area contributed by atoms with Gasteiger partial charge in [0.15, 0.2) is 0 Å². The molecule has 0 radical (unpaired) electrons. The molecule has 7 heteroatoms. The third-order valence-corrected chi connectivity index (χ3v) is 5.27. The summed E-state index contributed by atoms with van der Waals surface area (Å²) in [7, 11) is 2.92. The predicted octanol–water partition coefficient (Wildman–Crippen LogP) is 3.02. The Bertz CT molecular complexity index is 850. The zero-order chi connectivity index (χ0) is 20.1. The number of carbonyl (C=O) groups is 2. The number of rotatable bonds is 5. The molecule has 1 amide bonds. The number of para-hydroxylation sites is 1. The van der Waals surface area contributed by atoms with E-state index in [1.807, 2.05) is 35.2 Å². The van der Waals surface area contributed by atoms with E-state index < -0.39 is 6.04 Å². The van der Waals surface area contributed by atoms with Crippen LogP contribution in [0.4, 0.5) is 0 Å². The minimum Gasteiger partial charge on any atom is -0.496 e. The molecule has 2 aromatic rings. The van der Waals surface area contributed by atoms with Crippen molar-refractivity contribution in [1.82, 2.24) is 9.80 Å². The molecule has 6 nitrogen and oxygen atoms in total. The molecule has 1 fully saturated rings. The lowest BCUT2D eigenvalue weighted by Gasteiger charge is -2.38. The fraction of sp³-hybridized carbons (Fsp3) is 0.333. The molecule has 3 rings (SSSR count). The lowest BCUT2D eigenvalue weighted by atomic mass is 10.0. The number of amides is 1. The van der Waals surface area contributed by atoms with Gasteiger partial charge in [-0.3, -0.25) is 9.69 Å². The van der Waals surface area contributed by atoms with Crippen molar-refractivity contribution in [2.75, 3.05) is 40.4 Å². The van der Waals surface area contributed by atoms with Gasteiger partial charge in [-0.25, -0.2) is 4.79 Å². The number of halogens is 1. The normalized spacial score (nSPS) is 15.8. The number of ether oxygens (including phenoxy) is 2. The van der Waals surface area contributed by atoms with Crippen LogP contribution >= 0.6 is 11.6 Å². The van der Waals surface area contributed by atoms with Crippen molar-refractivity contribution in [1.29, 1.82) is 0 Å². The Hall–Kier alpha value is -2.57. The first kappa shape index (κ1) is 20.2. The molecule has 0 N–H and O–H groups in total. The molecule has 0 bridgehead atoms. The van der Waals surface area contributed by atoms with Crippen LogP contribution in [0.2, 0.25) is 5.02 Å². The Kier molecular flexibility index (Phi) is 6.54. The minimum absolute atomic E-state index is 0.0792. The van der Waals surface area contributed by atoms with E-state index in [0.717, 1.165) is 0 Å². The van der Waals surface area contributed by atoms with Crippen molar-refractivity contribution < 1.29 is 19.1 Å². The van der Waals surface area contributed by atoms with E-state index in [4.69, 9.17) is 21.1 Å². The monoisotopic (exact) mass is 402 g/mol. The van der Waals surface area contributed by atoms with Gasteiger partial charge in [-0.1, -0.05) is 41.9 Å². The number of methoxy groups -OCH3 is 2. The van der Waals surface area contributed by atoms with Crippen molar-refractivity contribution in [2.45, 2.75) is 6.04 Å². The maximum absolute atomic E-state index is 12.9. The number of nitrogens with zero attached hydrogens (tertiary/aromatic N) is 2. The summed E-state index contributed by atoms with van der Waals surface area (Å²) >= 11 is 6.32. The van der Waals surface area contributed by atoms with E-state index in [0.29, 0.717) is 48.1 Å². The number of benzene rings is 2. The lowest BCUT2D eigenvalue weighted by molar-refractivity contribution is -0.148. The standard InChI is InChI=1S/C21H23ClN2O4/c1-27-18-10-6-4-8-16(18)20(25)24-13-11-23(12-14-24)19(21(26)28-2)15-7-3-5-9-17(15)22/h3-10,19H,11-14H2,1-2H3/t19-/m0/s1. The van der Waals surface area contributed by atoms with Crippen molar-refractivity contribution in [2.24, 2.45) is 0 Å². The second-order valence-corrected chi connectivity index (χ2v) is 6.88. The highest BCUT2D eigenvalue weighted by Crippen LogP contribution is 2.30. The van der Waals surface area contributed by atoms with Crippen LogP contribution < -0.4 is 4.74 Å². The molecule has 0 unspecified atom stereocenters. The van der Waals surface area contributed by atoms with Gasteiger partial charge < -0.3 is 14.4 Å². The van der Waals surface area contributed by atoms with E-state index in [1.165, 1.54) is 7.11 Å². The first-order valence-corrected chi connectivity index (χ1v) is 9.43. The van der Waals surface area contributed by atoms with Gasteiger partial charge in [0.1, 0.15) is 11.8 Å². The molecule has 1 saturated heterocycles. The number of hydrogen-bond acceptors (Lipinski definition) is 5. The Labute approximate surface area is 169 Å². The molecule has 148 valence electrons. The van der Waals surface area contributed by atoms with Crippen molar-refractivity contribution in [3.8, 4) is 5.75 Å². The van der Waals surface area contributed by atoms with Crippen LogP contribution in [0.15, 0.2) is 48.5 Å². The summed E-state index contributed by atoms with van der Waals surface area (Å²) in [6.07, 6.45) is 0. The van der Waals surface area contributed by atoms with E-state index in [1.54, 1.807) is 30.2 Å². The lowest BCUT2D eigenvalue weighted by Crippen LogP contribution is -2.51. The third-order valence-electron chi connectivity index (χ3n) is 4.93. The average molecular weight is 403 g/mol. The predicted molar refractivity (Wildman–Crippen MR) is 107 cm³/mol. The van der Waals surface area contributed by atoms with Gasteiger partial charge in [0.25, 0.3) is 5.91 Å². The molecule has 0 aromatic heterocycles. The summed E-state index contributed by atoms with van der Waals surface area (Å²) in [5.74, 6) is 0.112. The van der Waals surface area contributed by atoms with Gasteiger partial charge in [-0.2, -0.15) is 0 Å². The van der Waals surface area contributed by atoms with Gasteiger partial charge in [0, 0.05) is 31.2 Å². The summed E-state index contributed by atoms with van der Waals surface area (Å²) in [5.41, 5.74) is 1.24. The zero-order valence-corrected chi connectivity index (χ0v) is 16.7. The van der Waals surface area contributed by atoms with Crippen molar-refractivity contribution in [3.63, 3.8) is 0 Å². The second-order valence-electron chi connectivity index (χ2n) is 6.48. The van der Waals surface area contributed by atoms with E-state index in [-0.39, 0.29) is 11.9 Å². The molecule has 0 saturated carbocycles. The molecular weight excluding hydrogens is 380 g/mol. The van der Waals surface area contributed by atoms with Crippen LogP contribution in [-0.2, 0) is 9.53 Å². The van der Waals surface area contributed by atoms with Crippen LogP contribution in [-0.4, -0.2) is 62.1 Å². The number of esters is 1. The van der Waals surface area contributed by atoms with Crippen LogP contribution in [0.5, 0.6) is 5.75 Å². The fourth-order valence-corrected chi connectivity index (χ4v) is 3.70. The molecule has 28 heavy (non-hydrogen) atoms. The number of carbonyl (C=O) groups excluding carboxylic acids is 2. The summed E-state index contributed by atoms with van der Waals surface area (Å²) in [6.45, 7) is 2.06. The van der Waals surface area contributed by atoms with Crippen molar-refractivity contribution >= 4 is 23.5 Å². The highest BCUT2D eigenvalue weighted by molar-refractivity contribution is 6.31. The minimum atomic E-state index is -0.595. The maximum Gasteiger partial charge on any atom is 0.327 e. The maximum atomic E-state index is 12.9. The van der Waals surface area contributed by atoms with Gasteiger partial charge in [0.05, 0.1) is 19.8 Å². The third kappa shape index (κ3) is 4.13. The van der Waals surface area contributed by atoms with Gasteiger partial charge in [0.2, 0.25) is 0 Å². The Balaban J connectivity index is 1.75. The van der Waals surface area contributed by atoms with E-state index in [9.17, 15) is 9.59 Å². The average Bonchev–Trinajstić information content (AvgIpc) is 2.75. The summed E-state index contributed by atoms with van der Waals surface area (Å²) in [5, 5.41) is 0.519. The second kappa shape index (κ2) is 9.08. The van der Waals surface area contributed by atoms with Crippen LogP contribution in [0, 0.1) is 0 Å². The highest BCUT2D eigenvalue weighted by atomic mass is 35.5. The molecule has 1 heterocycles. The van der Waals surface area contributed by atoms with Crippen molar-refractivity contribution in [3.05, 3.63) is 64.7 Å². The van der Waals surface area contributed by atoms with Crippen LogP contribution in [0.1, 0.15) is 22.0 Å². The van der Waals surface area contributed by atoms with Gasteiger partial charge >= 0.3 is 5.97 Å². The molecule has 0 spiro atoms. The fourth-order valence-electron chi connectivity index (χ4n) is 3.46. The van der Waals surface area contributed by atoms with Crippen LogP contribution in [0.3, 0.4) is 0 Å². The Morgan fingerprint density at radius 2 is 1.61 bits per heavy atom. The molecule has 1 aliphatic heterocycles. The molecule has 0 aliphatic carbocycles. The van der Waals surface area contributed by atoms with Crippen LogP contribution in [0.25, 0.3) is 0 Å². The summed E-state index contributed by atoms with van der Waals surface area (Å²) in [6, 6.07) is 13.8. The molecule has 2 aromatic carbocycles. The quantitative estimate of drug-likeness (QED) is 0.719. The Morgan fingerprint density at radius 1 is 0.964 bits per heavy atom. The largest absolute Gasteiger partial charge is 0.496 e. The zero-order valence-electron chi connectivity index (χ0n) is 15.9. The summed E-state index contributed by atoms with van der Waals surface area (Å²) < 4.78 is 10.3. The molecular formula is C21H23ClN2O4. The van der Waals surface area contributed by atoms with E-state index >= 15 is 0 Å². The first-order chi connectivity index (χ1) is 13.6. The SMILES string of the molecule is COC(=O)[C@H](c1ccccc1Cl)N1CCN(C(=O)c2ccccc2OC)CC1. The molecule has 1 aliphatic rings. The van der Waals surface area contributed by atoms with E-state index in [2.05, 4.69) is 0 Å². The summed E-state index contributed by atoms with van der Waals surface area (Å²) in [4.78, 5) is 29.1. The Morgan fingerprint density at radius 3 is 2.25 bits per heavy atom. The number of piperazine rings is 1. The molecule has 1 atom stereocenters. The van der Waals surface area contributed by atoms with Gasteiger partial charge in [-0.15, -0.1) is 0 Å². The first-order valence-electron chi connectivity index (χ1n) is 9.05. The topological polar surface area (TPSA) is 59.1 Å². The van der Waals surface area contributed by atoms with Gasteiger partial charge in [-0.05, 0) is 23.8 Å². The number of hydrogen-bond donors (Lipinski definition) is 0.